The third-order valence-corrected chi connectivity index (χ3v) is 3.26. The van der Waals surface area contributed by atoms with E-state index in [1.807, 2.05) is 13.0 Å². The van der Waals surface area contributed by atoms with E-state index in [0.29, 0.717) is 5.69 Å². The monoisotopic (exact) mass is 314 g/mol. The van der Waals surface area contributed by atoms with Crippen LogP contribution in [-0.4, -0.2) is 5.91 Å². The molecule has 5 heteroatoms. The first-order valence-corrected chi connectivity index (χ1v) is 6.83. The van der Waals surface area contributed by atoms with Gasteiger partial charge in [0, 0.05) is 11.3 Å². The molecule has 1 N–H and O–H groups in total. The minimum atomic E-state index is -0.618. The summed E-state index contributed by atoms with van der Waals surface area (Å²) in [6, 6.07) is 13.1. The fourth-order valence-electron chi connectivity index (χ4n) is 1.86. The lowest BCUT2D eigenvalue weighted by molar-refractivity contribution is -0.112. The maximum atomic E-state index is 13.7. The van der Waals surface area contributed by atoms with Crippen LogP contribution < -0.4 is 5.32 Å². The van der Waals surface area contributed by atoms with Crippen LogP contribution in [0.15, 0.2) is 48.0 Å². The normalized spacial score (nSPS) is 10.9. The Morgan fingerprint density at radius 2 is 2.05 bits per heavy atom. The van der Waals surface area contributed by atoms with E-state index in [9.17, 15) is 9.18 Å². The summed E-state index contributed by atoms with van der Waals surface area (Å²) in [7, 11) is 0. The largest absolute Gasteiger partial charge is 0.321 e. The van der Waals surface area contributed by atoms with Gasteiger partial charge in [-0.15, -0.1) is 0 Å². The van der Waals surface area contributed by atoms with Gasteiger partial charge in [0.15, 0.2) is 0 Å². The second kappa shape index (κ2) is 6.88. The molecule has 2 aromatic rings. The zero-order valence-corrected chi connectivity index (χ0v) is 12.5. The lowest BCUT2D eigenvalue weighted by Crippen LogP contribution is -2.13. The number of carbonyl (C=O) groups excluding carboxylic acids is 1. The van der Waals surface area contributed by atoms with Crippen LogP contribution in [0.2, 0.25) is 5.02 Å². The molecule has 0 aliphatic heterocycles. The molecule has 0 heterocycles. The van der Waals surface area contributed by atoms with Crippen LogP contribution in [0.25, 0.3) is 6.08 Å². The van der Waals surface area contributed by atoms with Gasteiger partial charge in [0.25, 0.3) is 5.91 Å². The van der Waals surface area contributed by atoms with E-state index in [2.05, 4.69) is 5.32 Å². The number of nitriles is 1. The predicted octanol–water partition coefficient (Wildman–Crippen LogP) is 4.33. The molecule has 0 spiro atoms. The molecule has 2 rings (SSSR count). The van der Waals surface area contributed by atoms with E-state index in [-0.39, 0.29) is 16.2 Å². The van der Waals surface area contributed by atoms with Crippen molar-refractivity contribution in [3.05, 3.63) is 70.0 Å². The zero-order valence-electron chi connectivity index (χ0n) is 11.7. The Morgan fingerprint density at radius 3 is 2.68 bits per heavy atom. The van der Waals surface area contributed by atoms with Crippen molar-refractivity contribution in [3.8, 4) is 6.07 Å². The molecule has 0 saturated carbocycles. The van der Waals surface area contributed by atoms with Crippen molar-refractivity contribution in [2.45, 2.75) is 6.92 Å². The van der Waals surface area contributed by atoms with Gasteiger partial charge in [0.05, 0.1) is 5.02 Å². The molecule has 110 valence electrons. The van der Waals surface area contributed by atoms with Crippen LogP contribution in [-0.2, 0) is 4.79 Å². The van der Waals surface area contributed by atoms with E-state index in [4.69, 9.17) is 16.9 Å². The summed E-state index contributed by atoms with van der Waals surface area (Å²) in [4.78, 5) is 12.1. The van der Waals surface area contributed by atoms with Crippen LogP contribution in [0.4, 0.5) is 10.1 Å². The highest BCUT2D eigenvalue weighted by molar-refractivity contribution is 6.32. The number of carbonyl (C=O) groups is 1. The van der Waals surface area contributed by atoms with E-state index in [0.717, 1.165) is 11.6 Å². The Bertz CT molecular complexity index is 773. The number of hydrogen-bond donors (Lipinski definition) is 1. The lowest BCUT2D eigenvalue weighted by Gasteiger charge is -2.06. The van der Waals surface area contributed by atoms with Gasteiger partial charge in [-0.2, -0.15) is 5.26 Å². The summed E-state index contributed by atoms with van der Waals surface area (Å²) < 4.78 is 13.7. The van der Waals surface area contributed by atoms with E-state index < -0.39 is 11.7 Å². The Morgan fingerprint density at radius 1 is 1.32 bits per heavy atom. The first kappa shape index (κ1) is 15.7. The standard InChI is InChI=1S/C17H12ClFN2O/c1-11-4-2-5-13(8-11)21-17(22)12(10-20)9-14-15(18)6-3-7-16(14)19/h2-9H,1H3,(H,21,22)/b12-9+. The van der Waals surface area contributed by atoms with Crippen molar-refractivity contribution in [2.24, 2.45) is 0 Å². The predicted molar refractivity (Wildman–Crippen MR) is 84.8 cm³/mol. The molecule has 2 aromatic carbocycles. The second-order valence-electron chi connectivity index (χ2n) is 4.63. The number of anilines is 1. The molecular weight excluding hydrogens is 303 g/mol. The number of amides is 1. The maximum absolute atomic E-state index is 13.7. The highest BCUT2D eigenvalue weighted by atomic mass is 35.5. The van der Waals surface area contributed by atoms with Crippen molar-refractivity contribution >= 4 is 29.3 Å². The van der Waals surface area contributed by atoms with E-state index >= 15 is 0 Å². The van der Waals surface area contributed by atoms with Gasteiger partial charge in [-0.3, -0.25) is 4.79 Å². The molecule has 0 unspecified atom stereocenters. The van der Waals surface area contributed by atoms with Gasteiger partial charge in [-0.25, -0.2) is 4.39 Å². The Kier molecular flexibility index (Phi) is 4.92. The van der Waals surface area contributed by atoms with Crippen LogP contribution >= 0.6 is 11.6 Å². The first-order valence-electron chi connectivity index (χ1n) is 6.45. The number of rotatable bonds is 3. The van der Waals surface area contributed by atoms with Crippen molar-refractivity contribution in [1.82, 2.24) is 0 Å². The first-order chi connectivity index (χ1) is 10.5. The fourth-order valence-corrected chi connectivity index (χ4v) is 2.08. The van der Waals surface area contributed by atoms with Gasteiger partial charge in [-0.05, 0) is 42.8 Å². The molecule has 0 aromatic heterocycles. The highest BCUT2D eigenvalue weighted by Gasteiger charge is 2.12. The molecule has 0 bridgehead atoms. The minimum Gasteiger partial charge on any atom is -0.321 e. The average Bonchev–Trinajstić information content (AvgIpc) is 2.47. The number of nitrogens with one attached hydrogen (secondary N) is 1. The van der Waals surface area contributed by atoms with E-state index in [1.165, 1.54) is 18.2 Å². The van der Waals surface area contributed by atoms with Crippen LogP contribution in [0.3, 0.4) is 0 Å². The summed E-state index contributed by atoms with van der Waals surface area (Å²) in [5.74, 6) is -1.21. The van der Waals surface area contributed by atoms with Crippen LogP contribution in [0, 0.1) is 24.1 Å². The van der Waals surface area contributed by atoms with Crippen molar-refractivity contribution in [1.29, 1.82) is 5.26 Å². The van der Waals surface area contributed by atoms with Gasteiger partial charge in [0.1, 0.15) is 17.5 Å². The molecule has 0 saturated heterocycles. The number of aryl methyl sites for hydroxylation is 1. The molecule has 1 amide bonds. The van der Waals surface area contributed by atoms with Gasteiger partial charge >= 0.3 is 0 Å². The topological polar surface area (TPSA) is 52.9 Å². The Labute approximate surface area is 132 Å². The Balaban J connectivity index is 2.30. The van der Waals surface area contributed by atoms with Gasteiger partial charge < -0.3 is 5.32 Å². The summed E-state index contributed by atoms with van der Waals surface area (Å²) in [5, 5.41) is 11.9. The van der Waals surface area contributed by atoms with Gasteiger partial charge in [-0.1, -0.05) is 29.8 Å². The molecule has 0 fully saturated rings. The van der Waals surface area contributed by atoms with Crippen molar-refractivity contribution < 1.29 is 9.18 Å². The summed E-state index contributed by atoms with van der Waals surface area (Å²) >= 11 is 5.89. The van der Waals surface area contributed by atoms with E-state index in [1.54, 1.807) is 24.3 Å². The van der Waals surface area contributed by atoms with Crippen molar-refractivity contribution in [2.75, 3.05) is 5.32 Å². The maximum Gasteiger partial charge on any atom is 0.266 e. The highest BCUT2D eigenvalue weighted by Crippen LogP contribution is 2.22. The average molecular weight is 315 g/mol. The van der Waals surface area contributed by atoms with Crippen molar-refractivity contribution in [3.63, 3.8) is 0 Å². The van der Waals surface area contributed by atoms with Crippen LogP contribution in [0.5, 0.6) is 0 Å². The third-order valence-electron chi connectivity index (χ3n) is 2.93. The molecule has 0 aliphatic carbocycles. The third kappa shape index (κ3) is 3.72. The van der Waals surface area contributed by atoms with Gasteiger partial charge in [0.2, 0.25) is 0 Å². The number of halogens is 2. The molecule has 0 atom stereocenters. The second-order valence-corrected chi connectivity index (χ2v) is 5.04. The van der Waals surface area contributed by atoms with Crippen LogP contribution in [0.1, 0.15) is 11.1 Å². The number of hydrogen-bond acceptors (Lipinski definition) is 2. The minimum absolute atomic E-state index is 0.0140. The molecular formula is C17H12ClFN2O. The zero-order chi connectivity index (χ0) is 16.1. The summed E-state index contributed by atoms with van der Waals surface area (Å²) in [6.45, 7) is 1.88. The Hall–Kier alpha value is -2.64. The summed E-state index contributed by atoms with van der Waals surface area (Å²) in [5.41, 5.74) is 1.32. The number of benzene rings is 2. The molecule has 3 nitrogen and oxygen atoms in total. The SMILES string of the molecule is Cc1cccc(NC(=O)/C(C#N)=C/c2c(F)cccc2Cl)c1. The smallest absolute Gasteiger partial charge is 0.266 e. The number of nitrogens with zero attached hydrogens (tertiary/aromatic N) is 1. The fraction of sp³-hybridized carbons (Fsp3) is 0.0588. The molecule has 0 radical (unpaired) electrons. The summed E-state index contributed by atoms with van der Waals surface area (Å²) in [6.07, 6.45) is 1.14. The quantitative estimate of drug-likeness (QED) is 0.677. The molecule has 0 aliphatic rings. The molecule has 22 heavy (non-hydrogen) atoms. The lowest BCUT2D eigenvalue weighted by atomic mass is 10.1.